The van der Waals surface area contributed by atoms with Gasteiger partial charge in [0.2, 0.25) is 0 Å². The Morgan fingerprint density at radius 2 is 1.89 bits per heavy atom. The minimum Gasteiger partial charge on any atom is -0.384 e. The molecule has 0 aromatic heterocycles. The molecule has 1 fully saturated rings. The standard InChI is InChI=1S/C16H34N2O/c1-12(2)14-8-17-15(16(4,5)6)10-18(14)9-13(3)11-19-7/h12-15,17H,8-11H2,1-7H3. The summed E-state index contributed by atoms with van der Waals surface area (Å²) in [6.45, 7) is 18.2. The highest BCUT2D eigenvalue weighted by atomic mass is 16.5. The summed E-state index contributed by atoms with van der Waals surface area (Å²) in [5.74, 6) is 1.30. The molecule has 0 amide bonds. The van der Waals surface area contributed by atoms with Crippen molar-refractivity contribution in [2.75, 3.05) is 33.4 Å². The van der Waals surface area contributed by atoms with Gasteiger partial charge in [-0.2, -0.15) is 0 Å². The van der Waals surface area contributed by atoms with Gasteiger partial charge in [0, 0.05) is 45.4 Å². The van der Waals surface area contributed by atoms with Crippen molar-refractivity contribution in [3.63, 3.8) is 0 Å². The van der Waals surface area contributed by atoms with E-state index in [-0.39, 0.29) is 0 Å². The number of methoxy groups -OCH3 is 1. The van der Waals surface area contributed by atoms with E-state index in [4.69, 9.17) is 4.74 Å². The maximum Gasteiger partial charge on any atom is 0.0500 e. The molecule has 0 saturated carbocycles. The van der Waals surface area contributed by atoms with Crippen molar-refractivity contribution in [2.24, 2.45) is 17.3 Å². The van der Waals surface area contributed by atoms with E-state index in [2.05, 4.69) is 51.8 Å². The molecule has 0 aliphatic carbocycles. The van der Waals surface area contributed by atoms with Crippen LogP contribution in [-0.2, 0) is 4.74 Å². The number of rotatable bonds is 5. The van der Waals surface area contributed by atoms with Crippen LogP contribution in [0.25, 0.3) is 0 Å². The first-order valence-electron chi connectivity index (χ1n) is 7.72. The summed E-state index contributed by atoms with van der Waals surface area (Å²) in [6.07, 6.45) is 0. The predicted molar refractivity (Wildman–Crippen MR) is 82.5 cm³/mol. The lowest BCUT2D eigenvalue weighted by Crippen LogP contribution is -2.62. The number of ether oxygens (including phenoxy) is 1. The molecule has 0 aromatic carbocycles. The van der Waals surface area contributed by atoms with Gasteiger partial charge in [-0.15, -0.1) is 0 Å². The van der Waals surface area contributed by atoms with Gasteiger partial charge in [-0.1, -0.05) is 41.5 Å². The van der Waals surface area contributed by atoms with Gasteiger partial charge in [0.25, 0.3) is 0 Å². The van der Waals surface area contributed by atoms with Crippen LogP contribution in [-0.4, -0.2) is 50.3 Å². The Morgan fingerprint density at radius 3 is 2.37 bits per heavy atom. The third kappa shape index (κ3) is 5.05. The fraction of sp³-hybridized carbons (Fsp3) is 1.00. The van der Waals surface area contributed by atoms with Crippen LogP contribution in [0.3, 0.4) is 0 Å². The van der Waals surface area contributed by atoms with Gasteiger partial charge in [-0.05, 0) is 17.3 Å². The molecule has 3 nitrogen and oxygen atoms in total. The fourth-order valence-corrected chi connectivity index (χ4v) is 3.01. The number of piperazine rings is 1. The van der Waals surface area contributed by atoms with E-state index >= 15 is 0 Å². The highest BCUT2D eigenvalue weighted by Crippen LogP contribution is 2.26. The van der Waals surface area contributed by atoms with Crippen molar-refractivity contribution in [3.8, 4) is 0 Å². The lowest BCUT2D eigenvalue weighted by atomic mass is 9.83. The molecule has 0 spiro atoms. The minimum absolute atomic E-state index is 0.324. The molecule has 0 radical (unpaired) electrons. The van der Waals surface area contributed by atoms with E-state index in [1.807, 2.05) is 0 Å². The number of nitrogens with zero attached hydrogens (tertiary/aromatic N) is 1. The van der Waals surface area contributed by atoms with Crippen molar-refractivity contribution in [2.45, 2.75) is 53.6 Å². The zero-order chi connectivity index (χ0) is 14.6. The molecule has 1 heterocycles. The van der Waals surface area contributed by atoms with Crippen molar-refractivity contribution in [1.29, 1.82) is 0 Å². The van der Waals surface area contributed by atoms with E-state index in [0.717, 1.165) is 26.2 Å². The van der Waals surface area contributed by atoms with Crippen molar-refractivity contribution in [3.05, 3.63) is 0 Å². The average molecular weight is 270 g/mol. The van der Waals surface area contributed by atoms with Gasteiger partial charge in [0.15, 0.2) is 0 Å². The van der Waals surface area contributed by atoms with Crippen molar-refractivity contribution >= 4 is 0 Å². The van der Waals surface area contributed by atoms with Gasteiger partial charge in [0.1, 0.15) is 0 Å². The summed E-state index contributed by atoms with van der Waals surface area (Å²) in [6, 6.07) is 1.23. The van der Waals surface area contributed by atoms with Gasteiger partial charge in [-0.3, -0.25) is 4.90 Å². The second-order valence-corrected chi connectivity index (χ2v) is 7.65. The third-order valence-corrected chi connectivity index (χ3v) is 4.27. The first-order valence-corrected chi connectivity index (χ1v) is 7.72. The van der Waals surface area contributed by atoms with Crippen molar-refractivity contribution < 1.29 is 4.74 Å². The van der Waals surface area contributed by atoms with Gasteiger partial charge >= 0.3 is 0 Å². The first kappa shape index (κ1) is 16.9. The topological polar surface area (TPSA) is 24.5 Å². The Balaban J connectivity index is 2.68. The minimum atomic E-state index is 0.324. The van der Waals surface area contributed by atoms with E-state index in [1.54, 1.807) is 7.11 Å². The van der Waals surface area contributed by atoms with Crippen LogP contribution in [0.4, 0.5) is 0 Å². The molecule has 0 aromatic rings. The zero-order valence-electron chi connectivity index (χ0n) is 14.0. The van der Waals surface area contributed by atoms with Crippen LogP contribution in [0, 0.1) is 17.3 Å². The maximum absolute atomic E-state index is 5.29. The third-order valence-electron chi connectivity index (χ3n) is 4.27. The Kier molecular flexibility index (Phi) is 6.28. The molecule has 3 unspecified atom stereocenters. The summed E-state index contributed by atoms with van der Waals surface area (Å²) in [7, 11) is 1.80. The van der Waals surface area contributed by atoms with E-state index < -0.39 is 0 Å². The van der Waals surface area contributed by atoms with E-state index in [0.29, 0.717) is 29.3 Å². The molecule has 0 bridgehead atoms. The Labute approximate surface area is 120 Å². The number of nitrogens with one attached hydrogen (secondary N) is 1. The summed E-state index contributed by atoms with van der Waals surface area (Å²) in [5, 5.41) is 3.75. The van der Waals surface area contributed by atoms with Crippen LogP contribution in [0.1, 0.15) is 41.5 Å². The van der Waals surface area contributed by atoms with Crippen molar-refractivity contribution in [1.82, 2.24) is 10.2 Å². The first-order chi connectivity index (χ1) is 8.75. The van der Waals surface area contributed by atoms with Gasteiger partial charge in [0.05, 0.1) is 0 Å². The summed E-state index contributed by atoms with van der Waals surface area (Å²) in [4.78, 5) is 2.68. The molecule has 1 N–H and O–H groups in total. The van der Waals surface area contributed by atoms with E-state index in [1.165, 1.54) is 0 Å². The van der Waals surface area contributed by atoms with Gasteiger partial charge < -0.3 is 10.1 Å². The molecule has 1 aliphatic rings. The second-order valence-electron chi connectivity index (χ2n) is 7.65. The smallest absolute Gasteiger partial charge is 0.0500 e. The number of hydrogen-bond donors (Lipinski definition) is 1. The van der Waals surface area contributed by atoms with Crippen LogP contribution in [0.2, 0.25) is 0 Å². The van der Waals surface area contributed by atoms with Gasteiger partial charge in [-0.25, -0.2) is 0 Å². The molecule has 1 saturated heterocycles. The molecular weight excluding hydrogens is 236 g/mol. The maximum atomic E-state index is 5.29. The van der Waals surface area contributed by atoms with Crippen LogP contribution >= 0.6 is 0 Å². The lowest BCUT2D eigenvalue weighted by Gasteiger charge is -2.47. The molecule has 1 rings (SSSR count). The molecule has 19 heavy (non-hydrogen) atoms. The Bertz CT molecular complexity index is 260. The largest absolute Gasteiger partial charge is 0.384 e. The Hall–Kier alpha value is -0.120. The molecule has 114 valence electrons. The van der Waals surface area contributed by atoms with Crippen LogP contribution in [0.15, 0.2) is 0 Å². The summed E-state index contributed by atoms with van der Waals surface area (Å²) < 4.78 is 5.29. The second kappa shape index (κ2) is 7.05. The quantitative estimate of drug-likeness (QED) is 0.831. The average Bonchev–Trinajstić information content (AvgIpc) is 2.27. The fourth-order valence-electron chi connectivity index (χ4n) is 3.01. The van der Waals surface area contributed by atoms with Crippen LogP contribution < -0.4 is 5.32 Å². The highest BCUT2D eigenvalue weighted by molar-refractivity contribution is 4.93. The molecular formula is C16H34N2O. The summed E-state index contributed by atoms with van der Waals surface area (Å²) in [5.41, 5.74) is 0.324. The molecule has 1 aliphatic heterocycles. The molecule has 3 atom stereocenters. The Morgan fingerprint density at radius 1 is 1.26 bits per heavy atom. The summed E-state index contributed by atoms with van der Waals surface area (Å²) >= 11 is 0. The van der Waals surface area contributed by atoms with E-state index in [9.17, 15) is 0 Å². The SMILES string of the molecule is COCC(C)CN1CC(C(C)(C)C)NCC1C(C)C. The highest BCUT2D eigenvalue weighted by Gasteiger charge is 2.35. The normalized spacial score (nSPS) is 27.8. The van der Waals surface area contributed by atoms with Crippen LogP contribution in [0.5, 0.6) is 0 Å². The predicted octanol–water partition coefficient (Wildman–Crippen LogP) is 2.61. The zero-order valence-corrected chi connectivity index (χ0v) is 14.0. The lowest BCUT2D eigenvalue weighted by molar-refractivity contribution is 0.0391. The number of hydrogen-bond acceptors (Lipinski definition) is 3. The monoisotopic (exact) mass is 270 g/mol. The molecule has 3 heteroatoms.